The van der Waals surface area contributed by atoms with Crippen LogP contribution in [0.4, 0.5) is 17.2 Å². The van der Waals surface area contributed by atoms with Gasteiger partial charge in [0.15, 0.2) is 11.5 Å². The van der Waals surface area contributed by atoms with Crippen LogP contribution < -0.4 is 10.2 Å². The molecule has 1 aromatic carbocycles. The Kier molecular flexibility index (Phi) is 4.66. The lowest BCUT2D eigenvalue weighted by atomic mass is 10.0. The third-order valence-electron chi connectivity index (χ3n) is 5.82. The van der Waals surface area contributed by atoms with Crippen LogP contribution in [0, 0.1) is 0 Å². The number of ether oxygens (including phenoxy) is 1. The molecule has 3 aromatic heterocycles. The first-order valence-corrected chi connectivity index (χ1v) is 11.4. The van der Waals surface area contributed by atoms with Crippen molar-refractivity contribution in [1.29, 1.82) is 0 Å². The van der Waals surface area contributed by atoms with Crippen LogP contribution >= 0.6 is 11.3 Å². The fourth-order valence-corrected chi connectivity index (χ4v) is 5.25. The van der Waals surface area contributed by atoms with E-state index >= 15 is 0 Å². The highest BCUT2D eigenvalue weighted by molar-refractivity contribution is 7.10. The monoisotopic (exact) mass is 430 g/mol. The Morgan fingerprint density at radius 1 is 1.06 bits per heavy atom. The van der Waals surface area contributed by atoms with Gasteiger partial charge in [-0.15, -0.1) is 11.3 Å². The number of anilines is 3. The number of benzene rings is 1. The summed E-state index contributed by atoms with van der Waals surface area (Å²) in [7, 11) is 0. The molecule has 1 aliphatic heterocycles. The summed E-state index contributed by atoms with van der Waals surface area (Å²) >= 11 is 1.81. The number of rotatable bonds is 4. The molecular formula is C23H22N6OS. The van der Waals surface area contributed by atoms with E-state index in [9.17, 15) is 0 Å². The smallest absolute Gasteiger partial charge is 0.199 e. The molecule has 0 amide bonds. The van der Waals surface area contributed by atoms with Gasteiger partial charge in [0.1, 0.15) is 6.33 Å². The fourth-order valence-electron chi connectivity index (χ4n) is 4.20. The standard InChI is InChI=1S/C23H22N6OS/c1-2-4-21-18(3-1)19(14-31-21)20-13-24-22(23-25-15-26-29(20)23)27-16-5-7-17(8-6-16)28-9-11-30-12-10-28/h1,3,5-8,13-15H,2,4,9-12H2,(H,24,27). The minimum atomic E-state index is 0.694. The van der Waals surface area contributed by atoms with Gasteiger partial charge in [0.2, 0.25) is 0 Å². The Hall–Kier alpha value is -3.23. The normalized spacial score (nSPS) is 15.9. The van der Waals surface area contributed by atoms with E-state index in [0.717, 1.165) is 56.2 Å². The highest BCUT2D eigenvalue weighted by atomic mass is 32.1. The largest absolute Gasteiger partial charge is 0.378 e. The molecule has 1 fully saturated rings. The van der Waals surface area contributed by atoms with Crippen LogP contribution in [0.25, 0.3) is 23.0 Å². The van der Waals surface area contributed by atoms with E-state index in [1.807, 2.05) is 22.0 Å². The highest BCUT2D eigenvalue weighted by Gasteiger charge is 2.18. The molecule has 4 heterocycles. The molecule has 0 spiro atoms. The number of nitrogens with one attached hydrogen (secondary N) is 1. The number of hydrogen-bond acceptors (Lipinski definition) is 7. The molecule has 0 radical (unpaired) electrons. The van der Waals surface area contributed by atoms with E-state index in [0.29, 0.717) is 5.82 Å². The zero-order valence-electron chi connectivity index (χ0n) is 17.0. The first-order chi connectivity index (χ1) is 15.4. The molecule has 7 nitrogen and oxygen atoms in total. The minimum absolute atomic E-state index is 0.694. The van der Waals surface area contributed by atoms with Gasteiger partial charge in [0.05, 0.1) is 25.1 Å². The van der Waals surface area contributed by atoms with Crippen molar-refractivity contribution in [2.45, 2.75) is 12.8 Å². The average molecular weight is 431 g/mol. The lowest BCUT2D eigenvalue weighted by Crippen LogP contribution is -2.36. The molecular weight excluding hydrogens is 408 g/mol. The van der Waals surface area contributed by atoms with Gasteiger partial charge >= 0.3 is 0 Å². The van der Waals surface area contributed by atoms with E-state index in [4.69, 9.17) is 9.72 Å². The molecule has 1 saturated heterocycles. The van der Waals surface area contributed by atoms with Crippen molar-refractivity contribution in [2.75, 3.05) is 36.5 Å². The van der Waals surface area contributed by atoms with E-state index in [2.05, 4.69) is 62.1 Å². The van der Waals surface area contributed by atoms with Crippen molar-refractivity contribution in [2.24, 2.45) is 0 Å². The third-order valence-corrected chi connectivity index (χ3v) is 6.88. The summed E-state index contributed by atoms with van der Waals surface area (Å²) in [5.41, 5.74) is 6.31. The summed E-state index contributed by atoms with van der Waals surface area (Å²) in [5, 5.41) is 10.1. The molecule has 2 aliphatic rings. The maximum absolute atomic E-state index is 5.44. The number of hydrogen-bond donors (Lipinski definition) is 1. The van der Waals surface area contributed by atoms with Gasteiger partial charge in [0, 0.05) is 40.3 Å². The molecule has 0 saturated carbocycles. The number of fused-ring (bicyclic) bond motifs is 2. The Morgan fingerprint density at radius 3 is 2.81 bits per heavy atom. The van der Waals surface area contributed by atoms with Gasteiger partial charge in [-0.3, -0.25) is 0 Å². The van der Waals surface area contributed by atoms with Crippen molar-refractivity contribution in [1.82, 2.24) is 19.6 Å². The molecule has 31 heavy (non-hydrogen) atoms. The zero-order valence-corrected chi connectivity index (χ0v) is 17.8. The number of allylic oxidation sites excluding steroid dienone is 1. The molecule has 0 atom stereocenters. The second kappa shape index (κ2) is 7.79. The van der Waals surface area contributed by atoms with E-state index < -0.39 is 0 Å². The number of aryl methyl sites for hydroxylation is 1. The quantitative estimate of drug-likeness (QED) is 0.518. The predicted octanol–water partition coefficient (Wildman–Crippen LogP) is 4.39. The van der Waals surface area contributed by atoms with Gasteiger partial charge in [0.25, 0.3) is 0 Å². The summed E-state index contributed by atoms with van der Waals surface area (Å²) in [5.74, 6) is 0.694. The molecule has 1 aliphatic carbocycles. The first-order valence-electron chi connectivity index (χ1n) is 10.5. The van der Waals surface area contributed by atoms with Crippen molar-refractivity contribution in [3.63, 3.8) is 0 Å². The van der Waals surface area contributed by atoms with Crippen LogP contribution in [0.5, 0.6) is 0 Å². The van der Waals surface area contributed by atoms with Crippen LogP contribution in [-0.4, -0.2) is 45.9 Å². The van der Waals surface area contributed by atoms with Gasteiger partial charge in [-0.1, -0.05) is 12.2 Å². The molecule has 0 bridgehead atoms. The minimum Gasteiger partial charge on any atom is -0.378 e. The Balaban J connectivity index is 1.30. The van der Waals surface area contributed by atoms with Crippen LogP contribution in [0.2, 0.25) is 0 Å². The summed E-state index contributed by atoms with van der Waals surface area (Å²) in [6.45, 7) is 3.42. The molecule has 8 heteroatoms. The Morgan fingerprint density at radius 2 is 1.94 bits per heavy atom. The van der Waals surface area contributed by atoms with Crippen molar-refractivity contribution in [3.8, 4) is 11.3 Å². The number of nitrogens with zero attached hydrogens (tertiary/aromatic N) is 5. The van der Waals surface area contributed by atoms with Crippen LogP contribution in [0.3, 0.4) is 0 Å². The summed E-state index contributed by atoms with van der Waals surface area (Å²) in [6.07, 6.45) is 10.1. The van der Waals surface area contributed by atoms with Gasteiger partial charge in [-0.2, -0.15) is 5.10 Å². The van der Waals surface area contributed by atoms with E-state index in [-0.39, 0.29) is 0 Å². The lowest BCUT2D eigenvalue weighted by Gasteiger charge is -2.28. The SMILES string of the molecule is C1=Cc2c(-c3cnc(Nc4ccc(N5CCOCC5)cc4)c4ncnn34)csc2CC1. The van der Waals surface area contributed by atoms with Gasteiger partial charge < -0.3 is 15.0 Å². The van der Waals surface area contributed by atoms with Gasteiger partial charge in [-0.25, -0.2) is 14.5 Å². The number of morpholine rings is 1. The first kappa shape index (κ1) is 18.5. The molecule has 1 N–H and O–H groups in total. The molecule has 156 valence electrons. The second-order valence-corrected chi connectivity index (χ2v) is 8.65. The topological polar surface area (TPSA) is 67.6 Å². The lowest BCUT2D eigenvalue weighted by molar-refractivity contribution is 0.122. The van der Waals surface area contributed by atoms with E-state index in [1.54, 1.807) is 6.33 Å². The summed E-state index contributed by atoms with van der Waals surface area (Å²) < 4.78 is 7.32. The average Bonchev–Trinajstić information content (AvgIpc) is 3.49. The second-order valence-electron chi connectivity index (χ2n) is 7.69. The van der Waals surface area contributed by atoms with Crippen LogP contribution in [-0.2, 0) is 11.2 Å². The summed E-state index contributed by atoms with van der Waals surface area (Å²) in [6, 6.07) is 8.42. The number of thiophene rings is 1. The van der Waals surface area contributed by atoms with Crippen LogP contribution in [0.15, 0.2) is 48.2 Å². The third kappa shape index (κ3) is 3.37. The maximum atomic E-state index is 5.44. The predicted molar refractivity (Wildman–Crippen MR) is 124 cm³/mol. The summed E-state index contributed by atoms with van der Waals surface area (Å²) in [4.78, 5) is 13.0. The molecule has 4 aromatic rings. The highest BCUT2D eigenvalue weighted by Crippen LogP contribution is 2.36. The van der Waals surface area contributed by atoms with E-state index in [1.165, 1.54) is 21.7 Å². The number of aromatic nitrogens is 4. The molecule has 0 unspecified atom stereocenters. The van der Waals surface area contributed by atoms with Crippen molar-refractivity contribution >= 4 is 40.3 Å². The van der Waals surface area contributed by atoms with Crippen molar-refractivity contribution in [3.05, 3.63) is 58.7 Å². The zero-order chi connectivity index (χ0) is 20.6. The fraction of sp³-hybridized carbons (Fsp3) is 0.261. The van der Waals surface area contributed by atoms with Crippen molar-refractivity contribution < 1.29 is 4.74 Å². The Labute approximate surface area is 184 Å². The van der Waals surface area contributed by atoms with Crippen LogP contribution in [0.1, 0.15) is 16.9 Å². The van der Waals surface area contributed by atoms with Gasteiger partial charge in [-0.05, 0) is 42.7 Å². The Bertz CT molecular complexity index is 1250. The maximum Gasteiger partial charge on any atom is 0.199 e. The molecule has 6 rings (SSSR count).